The molecule has 0 aliphatic carbocycles. The van der Waals surface area contributed by atoms with E-state index in [9.17, 15) is 4.79 Å². The van der Waals surface area contributed by atoms with Gasteiger partial charge in [0.2, 0.25) is 0 Å². The number of nitrogens with one attached hydrogen (secondary N) is 1. The zero-order valence-electron chi connectivity index (χ0n) is 7.98. The van der Waals surface area contributed by atoms with Gasteiger partial charge in [-0.3, -0.25) is 0 Å². The van der Waals surface area contributed by atoms with E-state index in [1.807, 2.05) is 27.7 Å². The number of hydrogen-bond donors (Lipinski definition) is 1. The average molecular weight is 238 g/mol. The molecule has 1 amide bonds. The van der Waals surface area contributed by atoms with Gasteiger partial charge in [0, 0.05) is 11.4 Å². The van der Waals surface area contributed by atoms with Crippen molar-refractivity contribution in [2.45, 2.75) is 38.1 Å². The minimum Gasteiger partial charge on any atom is -0.444 e. The summed E-state index contributed by atoms with van der Waals surface area (Å²) in [5.74, 6) is 0. The zero-order valence-corrected chi connectivity index (χ0v) is 9.56. The van der Waals surface area contributed by atoms with Crippen molar-refractivity contribution in [1.29, 1.82) is 0 Å². The van der Waals surface area contributed by atoms with Gasteiger partial charge >= 0.3 is 6.09 Å². The second-order valence-electron chi connectivity index (χ2n) is 3.66. The number of hydrogen-bond acceptors (Lipinski definition) is 2. The van der Waals surface area contributed by atoms with Gasteiger partial charge in [0.25, 0.3) is 0 Å². The van der Waals surface area contributed by atoms with E-state index in [-0.39, 0.29) is 10.9 Å². The third kappa shape index (κ3) is 7.85. The lowest BCUT2D eigenvalue weighted by atomic mass is 10.2. The van der Waals surface area contributed by atoms with Crippen LogP contribution in [0.1, 0.15) is 27.7 Å². The first-order chi connectivity index (χ1) is 5.31. The van der Waals surface area contributed by atoms with Gasteiger partial charge in [-0.25, -0.2) is 4.79 Å². The Balaban J connectivity index is 3.61. The maximum absolute atomic E-state index is 11.0. The molecule has 0 unspecified atom stereocenters. The Labute approximate surface area is 82.0 Å². The Bertz CT molecular complexity index is 152. The van der Waals surface area contributed by atoms with Crippen molar-refractivity contribution >= 4 is 22.0 Å². The highest BCUT2D eigenvalue weighted by atomic mass is 79.9. The molecule has 72 valence electrons. The SMILES string of the molecule is C[C@H](Br)CNC(=O)OC(C)(C)C. The largest absolute Gasteiger partial charge is 0.444 e. The Morgan fingerprint density at radius 2 is 2.08 bits per heavy atom. The molecule has 0 aromatic heterocycles. The van der Waals surface area contributed by atoms with Gasteiger partial charge in [0.05, 0.1) is 0 Å². The predicted octanol–water partition coefficient (Wildman–Crippen LogP) is 2.29. The molecule has 1 atom stereocenters. The first kappa shape index (κ1) is 11.8. The third-order valence-corrected chi connectivity index (χ3v) is 1.25. The molecule has 4 heteroatoms. The van der Waals surface area contributed by atoms with Gasteiger partial charge in [-0.15, -0.1) is 0 Å². The van der Waals surface area contributed by atoms with E-state index in [0.717, 1.165) is 0 Å². The molecule has 12 heavy (non-hydrogen) atoms. The lowest BCUT2D eigenvalue weighted by molar-refractivity contribution is 0.0529. The van der Waals surface area contributed by atoms with Crippen LogP contribution in [0, 0.1) is 0 Å². The fourth-order valence-corrected chi connectivity index (χ4v) is 0.700. The Hall–Kier alpha value is -0.250. The summed E-state index contributed by atoms with van der Waals surface area (Å²) in [5.41, 5.74) is -0.417. The molecule has 0 aromatic rings. The molecule has 0 aromatic carbocycles. The summed E-state index contributed by atoms with van der Waals surface area (Å²) in [5, 5.41) is 2.63. The highest BCUT2D eigenvalue weighted by Gasteiger charge is 2.15. The van der Waals surface area contributed by atoms with Crippen LogP contribution >= 0.6 is 15.9 Å². The molecule has 1 N–H and O–H groups in total. The summed E-state index contributed by atoms with van der Waals surface area (Å²) < 4.78 is 5.02. The standard InChI is InChI=1S/C8H16BrNO2/c1-6(9)5-10-7(11)12-8(2,3)4/h6H,5H2,1-4H3,(H,10,11)/t6-/m0/s1. The molecule has 0 aliphatic heterocycles. The number of halogens is 1. The van der Waals surface area contributed by atoms with E-state index in [1.165, 1.54) is 0 Å². The normalized spacial score (nSPS) is 13.8. The van der Waals surface area contributed by atoms with Gasteiger partial charge in [-0.2, -0.15) is 0 Å². The summed E-state index contributed by atoms with van der Waals surface area (Å²) in [6, 6.07) is 0. The maximum Gasteiger partial charge on any atom is 0.407 e. The second kappa shape index (κ2) is 4.70. The molecular formula is C8H16BrNO2. The topological polar surface area (TPSA) is 38.3 Å². The van der Waals surface area contributed by atoms with Gasteiger partial charge < -0.3 is 10.1 Å². The van der Waals surface area contributed by atoms with E-state index in [1.54, 1.807) is 0 Å². The predicted molar refractivity (Wildman–Crippen MR) is 52.6 cm³/mol. The van der Waals surface area contributed by atoms with Crippen LogP contribution in [0.2, 0.25) is 0 Å². The van der Waals surface area contributed by atoms with Gasteiger partial charge in [0.1, 0.15) is 5.60 Å². The van der Waals surface area contributed by atoms with Crippen molar-refractivity contribution in [3.05, 3.63) is 0 Å². The molecule has 0 spiro atoms. The summed E-state index contributed by atoms with van der Waals surface area (Å²) in [7, 11) is 0. The van der Waals surface area contributed by atoms with Crippen LogP contribution in [-0.2, 0) is 4.74 Å². The van der Waals surface area contributed by atoms with Crippen molar-refractivity contribution < 1.29 is 9.53 Å². The number of carbonyl (C=O) groups is 1. The molecule has 0 saturated carbocycles. The summed E-state index contributed by atoms with van der Waals surface area (Å²) >= 11 is 3.31. The third-order valence-electron chi connectivity index (χ3n) is 0.927. The molecule has 0 bridgehead atoms. The quantitative estimate of drug-likeness (QED) is 0.749. The van der Waals surface area contributed by atoms with Crippen molar-refractivity contribution in [3.8, 4) is 0 Å². The first-order valence-electron chi connectivity index (χ1n) is 3.92. The van der Waals surface area contributed by atoms with Gasteiger partial charge in [-0.05, 0) is 20.8 Å². The number of ether oxygens (including phenoxy) is 1. The van der Waals surface area contributed by atoms with E-state index < -0.39 is 5.60 Å². The molecule has 0 saturated heterocycles. The molecule has 0 radical (unpaired) electrons. The van der Waals surface area contributed by atoms with Crippen molar-refractivity contribution in [2.75, 3.05) is 6.54 Å². The molecule has 0 aliphatic rings. The lowest BCUT2D eigenvalue weighted by Gasteiger charge is -2.19. The van der Waals surface area contributed by atoms with Crippen LogP contribution in [0.5, 0.6) is 0 Å². The fourth-order valence-electron chi connectivity index (χ4n) is 0.538. The van der Waals surface area contributed by atoms with Crippen LogP contribution in [-0.4, -0.2) is 23.1 Å². The second-order valence-corrected chi connectivity index (χ2v) is 5.23. The number of carbonyl (C=O) groups excluding carboxylic acids is 1. The number of rotatable bonds is 2. The monoisotopic (exact) mass is 237 g/mol. The van der Waals surface area contributed by atoms with Crippen LogP contribution in [0.15, 0.2) is 0 Å². The van der Waals surface area contributed by atoms with E-state index >= 15 is 0 Å². The van der Waals surface area contributed by atoms with Crippen LogP contribution < -0.4 is 5.32 Å². The summed E-state index contributed by atoms with van der Waals surface area (Å²) in [4.78, 5) is 11.3. The van der Waals surface area contributed by atoms with E-state index in [4.69, 9.17) is 4.74 Å². The Kier molecular flexibility index (Phi) is 4.60. The minimum absolute atomic E-state index is 0.269. The van der Waals surface area contributed by atoms with E-state index in [2.05, 4.69) is 21.2 Å². The van der Waals surface area contributed by atoms with Crippen molar-refractivity contribution in [1.82, 2.24) is 5.32 Å². The first-order valence-corrected chi connectivity index (χ1v) is 4.84. The highest BCUT2D eigenvalue weighted by molar-refractivity contribution is 9.09. The zero-order chi connectivity index (χ0) is 9.78. The maximum atomic E-state index is 11.0. The molecule has 0 fully saturated rings. The smallest absolute Gasteiger partial charge is 0.407 e. The minimum atomic E-state index is -0.417. The number of alkyl halides is 1. The van der Waals surface area contributed by atoms with Crippen LogP contribution in [0.3, 0.4) is 0 Å². The molecular weight excluding hydrogens is 222 g/mol. The number of alkyl carbamates (subject to hydrolysis) is 1. The van der Waals surface area contributed by atoms with Gasteiger partial charge in [-0.1, -0.05) is 22.9 Å². The van der Waals surface area contributed by atoms with Crippen LogP contribution in [0.25, 0.3) is 0 Å². The summed E-state index contributed by atoms with van der Waals surface area (Å²) in [6.07, 6.45) is -0.367. The Morgan fingerprint density at radius 1 is 1.58 bits per heavy atom. The lowest BCUT2D eigenvalue weighted by Crippen LogP contribution is -2.34. The van der Waals surface area contributed by atoms with E-state index in [0.29, 0.717) is 6.54 Å². The average Bonchev–Trinajstić information content (AvgIpc) is 1.79. The Morgan fingerprint density at radius 3 is 2.42 bits per heavy atom. The summed E-state index contributed by atoms with van der Waals surface area (Å²) in [6.45, 7) is 8.05. The molecule has 3 nitrogen and oxygen atoms in total. The fraction of sp³-hybridized carbons (Fsp3) is 0.875. The number of amides is 1. The molecule has 0 rings (SSSR count). The van der Waals surface area contributed by atoms with Crippen molar-refractivity contribution in [3.63, 3.8) is 0 Å². The van der Waals surface area contributed by atoms with Gasteiger partial charge in [0.15, 0.2) is 0 Å². The molecule has 0 heterocycles. The van der Waals surface area contributed by atoms with Crippen molar-refractivity contribution in [2.24, 2.45) is 0 Å². The van der Waals surface area contributed by atoms with Crippen LogP contribution in [0.4, 0.5) is 4.79 Å². The highest BCUT2D eigenvalue weighted by Crippen LogP contribution is 2.06.